The summed E-state index contributed by atoms with van der Waals surface area (Å²) in [4.78, 5) is 12.8. The van der Waals surface area contributed by atoms with E-state index in [2.05, 4.69) is 10.1 Å². The molecule has 0 spiro atoms. The molecular weight excluding hydrogens is 473 g/mol. The quantitative estimate of drug-likeness (QED) is 0.642. The number of sulfonamides is 1. The van der Waals surface area contributed by atoms with Crippen LogP contribution in [0.2, 0.25) is 5.02 Å². The van der Waals surface area contributed by atoms with E-state index in [-0.39, 0.29) is 41.5 Å². The van der Waals surface area contributed by atoms with Gasteiger partial charge in [0.15, 0.2) is 0 Å². The Balaban J connectivity index is 1.68. The highest BCUT2D eigenvalue weighted by Crippen LogP contribution is 2.36. The maximum absolute atomic E-state index is 12.9. The SMILES string of the molecule is O=C(Nc1ccc(OC(F)(F)F)cc1)C1(CO)CCN(S(=O)(=O)c2ccccc2Cl)CC1. The number of nitrogens with one attached hydrogen (secondary N) is 1. The Bertz CT molecular complexity index is 1070. The number of carbonyl (C=O) groups excluding carboxylic acids is 1. The standard InChI is InChI=1S/C20H20ClF3N2O5S/c21-16-3-1-2-4-17(16)32(29,30)26-11-9-19(13-27,10-12-26)18(28)25-14-5-7-15(8-6-14)31-20(22,23)24/h1-8,27H,9-13H2,(H,25,28). The second-order valence-electron chi connectivity index (χ2n) is 7.30. The predicted octanol–water partition coefficient (Wildman–Crippen LogP) is 3.64. The third-order valence-electron chi connectivity index (χ3n) is 5.26. The summed E-state index contributed by atoms with van der Waals surface area (Å²) in [6.07, 6.45) is -4.73. The van der Waals surface area contributed by atoms with Gasteiger partial charge in [0.1, 0.15) is 10.6 Å². The van der Waals surface area contributed by atoms with Gasteiger partial charge in [-0.1, -0.05) is 23.7 Å². The van der Waals surface area contributed by atoms with Gasteiger partial charge in [-0.15, -0.1) is 13.2 Å². The van der Waals surface area contributed by atoms with Crippen LogP contribution in [0.25, 0.3) is 0 Å². The number of carbonyl (C=O) groups is 1. The van der Waals surface area contributed by atoms with Crippen LogP contribution in [0.3, 0.4) is 0 Å². The molecule has 12 heteroatoms. The molecule has 0 aliphatic carbocycles. The van der Waals surface area contributed by atoms with Crippen molar-refractivity contribution in [3.63, 3.8) is 0 Å². The molecule has 0 bridgehead atoms. The first-order valence-corrected chi connectivity index (χ1v) is 11.3. The van der Waals surface area contributed by atoms with E-state index in [0.717, 1.165) is 12.1 Å². The second kappa shape index (κ2) is 9.26. The summed E-state index contributed by atoms with van der Waals surface area (Å²) < 4.78 is 67.6. The fraction of sp³-hybridized carbons (Fsp3) is 0.350. The number of anilines is 1. The molecule has 1 heterocycles. The highest BCUT2D eigenvalue weighted by molar-refractivity contribution is 7.89. The zero-order valence-corrected chi connectivity index (χ0v) is 18.2. The molecule has 1 saturated heterocycles. The number of rotatable bonds is 6. The normalized spacial score (nSPS) is 17.0. The lowest BCUT2D eigenvalue weighted by Crippen LogP contribution is -2.50. The molecule has 2 aromatic rings. The molecule has 1 amide bonds. The van der Waals surface area contributed by atoms with E-state index in [4.69, 9.17) is 11.6 Å². The average Bonchev–Trinajstić information content (AvgIpc) is 2.74. The summed E-state index contributed by atoms with van der Waals surface area (Å²) in [5.74, 6) is -0.996. The van der Waals surface area contributed by atoms with Crippen LogP contribution in [-0.2, 0) is 14.8 Å². The zero-order chi connectivity index (χ0) is 23.6. The lowest BCUT2D eigenvalue weighted by Gasteiger charge is -2.38. The summed E-state index contributed by atoms with van der Waals surface area (Å²) >= 11 is 6.02. The largest absolute Gasteiger partial charge is 0.573 e. The van der Waals surface area contributed by atoms with Crippen molar-refractivity contribution in [2.75, 3.05) is 25.0 Å². The van der Waals surface area contributed by atoms with Crippen LogP contribution in [0, 0.1) is 5.41 Å². The maximum atomic E-state index is 12.9. The molecule has 7 nitrogen and oxygen atoms in total. The summed E-state index contributed by atoms with van der Waals surface area (Å²) in [6.45, 7) is -0.548. The van der Waals surface area contributed by atoms with Gasteiger partial charge in [-0.05, 0) is 49.2 Å². The monoisotopic (exact) mass is 492 g/mol. The minimum absolute atomic E-state index is 0.0140. The highest BCUT2D eigenvalue weighted by Gasteiger charge is 2.44. The number of hydrogen-bond acceptors (Lipinski definition) is 5. The van der Waals surface area contributed by atoms with Crippen LogP contribution in [-0.4, -0.2) is 49.8 Å². The molecule has 2 N–H and O–H groups in total. The maximum Gasteiger partial charge on any atom is 0.573 e. The van der Waals surface area contributed by atoms with E-state index in [9.17, 15) is 31.5 Å². The van der Waals surface area contributed by atoms with Gasteiger partial charge in [-0.3, -0.25) is 4.79 Å². The van der Waals surface area contributed by atoms with Crippen molar-refractivity contribution in [2.45, 2.75) is 24.1 Å². The number of nitrogens with zero attached hydrogens (tertiary/aromatic N) is 1. The summed E-state index contributed by atoms with van der Waals surface area (Å²) in [6, 6.07) is 10.6. The lowest BCUT2D eigenvalue weighted by atomic mass is 9.78. The Morgan fingerprint density at radius 1 is 1.12 bits per heavy atom. The third-order valence-corrected chi connectivity index (χ3v) is 7.66. The fourth-order valence-corrected chi connectivity index (χ4v) is 5.34. The van der Waals surface area contributed by atoms with Crippen LogP contribution in [0.4, 0.5) is 18.9 Å². The van der Waals surface area contributed by atoms with Gasteiger partial charge in [0, 0.05) is 18.8 Å². The smallest absolute Gasteiger partial charge is 0.406 e. The number of piperidine rings is 1. The van der Waals surface area contributed by atoms with E-state index in [0.29, 0.717) is 0 Å². The fourth-order valence-electron chi connectivity index (χ4n) is 3.41. The van der Waals surface area contributed by atoms with E-state index in [1.54, 1.807) is 12.1 Å². The van der Waals surface area contributed by atoms with Crippen LogP contribution < -0.4 is 10.1 Å². The molecule has 0 unspecified atom stereocenters. The number of ether oxygens (including phenoxy) is 1. The van der Waals surface area contributed by atoms with Crippen molar-refractivity contribution in [1.29, 1.82) is 0 Å². The molecule has 1 aliphatic heterocycles. The Morgan fingerprint density at radius 3 is 2.25 bits per heavy atom. The first-order chi connectivity index (χ1) is 15.0. The third kappa shape index (κ3) is 5.34. The van der Waals surface area contributed by atoms with Crippen molar-refractivity contribution < 1.29 is 36.2 Å². The molecule has 0 radical (unpaired) electrons. The minimum atomic E-state index is -4.83. The summed E-state index contributed by atoms with van der Waals surface area (Å²) in [5, 5.41) is 12.6. The van der Waals surface area contributed by atoms with E-state index >= 15 is 0 Å². The number of amides is 1. The van der Waals surface area contributed by atoms with Crippen LogP contribution in [0.5, 0.6) is 5.75 Å². The van der Waals surface area contributed by atoms with Crippen molar-refractivity contribution >= 4 is 33.2 Å². The molecule has 1 aliphatic rings. The molecule has 32 heavy (non-hydrogen) atoms. The predicted molar refractivity (Wildman–Crippen MR) is 111 cm³/mol. The van der Waals surface area contributed by atoms with Crippen LogP contribution in [0.1, 0.15) is 12.8 Å². The van der Waals surface area contributed by atoms with Crippen LogP contribution in [0.15, 0.2) is 53.4 Å². The highest BCUT2D eigenvalue weighted by atomic mass is 35.5. The molecule has 0 atom stereocenters. The van der Waals surface area contributed by atoms with Crippen molar-refractivity contribution in [1.82, 2.24) is 4.31 Å². The number of hydrogen-bond donors (Lipinski definition) is 2. The topological polar surface area (TPSA) is 95.9 Å². The molecule has 174 valence electrons. The Labute approximate surface area is 187 Å². The average molecular weight is 493 g/mol. The van der Waals surface area contributed by atoms with Crippen molar-refractivity contribution in [2.24, 2.45) is 5.41 Å². The Kier molecular flexibility index (Phi) is 7.03. The molecule has 2 aromatic carbocycles. The van der Waals surface area contributed by atoms with Crippen molar-refractivity contribution in [3.8, 4) is 5.75 Å². The van der Waals surface area contributed by atoms with Gasteiger partial charge < -0.3 is 15.2 Å². The number of alkyl halides is 3. The van der Waals surface area contributed by atoms with Gasteiger partial charge in [0.05, 0.1) is 17.0 Å². The first kappa shape index (κ1) is 24.3. The van der Waals surface area contributed by atoms with Gasteiger partial charge in [-0.25, -0.2) is 8.42 Å². The molecule has 0 saturated carbocycles. The van der Waals surface area contributed by atoms with E-state index < -0.39 is 40.1 Å². The molecule has 0 aromatic heterocycles. The van der Waals surface area contributed by atoms with Crippen LogP contribution >= 0.6 is 11.6 Å². The van der Waals surface area contributed by atoms with E-state index in [1.807, 2.05) is 0 Å². The molecule has 3 rings (SSSR count). The number of aliphatic hydroxyl groups excluding tert-OH is 1. The summed E-state index contributed by atoms with van der Waals surface area (Å²) in [5.41, 5.74) is -1.03. The Hall–Kier alpha value is -2.34. The molecule has 1 fully saturated rings. The summed E-state index contributed by atoms with van der Waals surface area (Å²) in [7, 11) is -3.87. The number of aliphatic hydroxyl groups is 1. The number of halogens is 4. The first-order valence-electron chi connectivity index (χ1n) is 9.50. The minimum Gasteiger partial charge on any atom is -0.406 e. The van der Waals surface area contributed by atoms with Gasteiger partial charge in [0.25, 0.3) is 0 Å². The van der Waals surface area contributed by atoms with Crippen molar-refractivity contribution in [3.05, 3.63) is 53.6 Å². The Morgan fingerprint density at radius 2 is 1.72 bits per heavy atom. The van der Waals surface area contributed by atoms with Gasteiger partial charge >= 0.3 is 6.36 Å². The van der Waals surface area contributed by atoms with Gasteiger partial charge in [0.2, 0.25) is 15.9 Å². The zero-order valence-electron chi connectivity index (χ0n) is 16.6. The van der Waals surface area contributed by atoms with E-state index in [1.165, 1.54) is 28.6 Å². The number of benzene rings is 2. The van der Waals surface area contributed by atoms with Gasteiger partial charge in [-0.2, -0.15) is 4.31 Å². The molecular formula is C20H20ClF3N2O5S. The second-order valence-corrected chi connectivity index (χ2v) is 9.61. The lowest BCUT2D eigenvalue weighted by molar-refractivity contribution is -0.274.